The molecule has 0 saturated heterocycles. The third kappa shape index (κ3) is 5.33. The SMILES string of the molecule is C=C(C(=O)OCC)c1[nH]c2cc(C(=O)OCC)ccc2c1CCN(C)C(=O)c1ccc(F)cc1. The zero-order chi connectivity index (χ0) is 24.8. The molecule has 0 spiro atoms. The number of H-pyrrole nitrogens is 1. The zero-order valence-electron chi connectivity index (χ0n) is 19.4. The number of nitrogens with one attached hydrogen (secondary N) is 1. The Morgan fingerprint density at radius 2 is 1.65 bits per heavy atom. The first-order valence-corrected chi connectivity index (χ1v) is 11.0. The van der Waals surface area contributed by atoms with E-state index in [-0.39, 0.29) is 24.7 Å². The number of amides is 1. The molecule has 0 aliphatic heterocycles. The summed E-state index contributed by atoms with van der Waals surface area (Å²) in [6.45, 7) is 8.11. The predicted octanol–water partition coefficient (Wildman–Crippen LogP) is 4.37. The summed E-state index contributed by atoms with van der Waals surface area (Å²) in [6.07, 6.45) is 0.399. The first-order valence-electron chi connectivity index (χ1n) is 11.0. The lowest BCUT2D eigenvalue weighted by atomic mass is 10.0. The fourth-order valence-electron chi connectivity index (χ4n) is 3.63. The Kier molecular flexibility index (Phi) is 7.83. The molecule has 0 bridgehead atoms. The van der Waals surface area contributed by atoms with Crippen molar-refractivity contribution in [3.05, 3.63) is 77.2 Å². The van der Waals surface area contributed by atoms with Crippen LogP contribution in [0.5, 0.6) is 0 Å². The van der Waals surface area contributed by atoms with E-state index in [0.29, 0.717) is 35.3 Å². The molecular weight excluding hydrogens is 439 g/mol. The van der Waals surface area contributed by atoms with Gasteiger partial charge in [-0.05, 0) is 62.2 Å². The monoisotopic (exact) mass is 466 g/mol. The Morgan fingerprint density at radius 3 is 2.29 bits per heavy atom. The predicted molar refractivity (Wildman–Crippen MR) is 127 cm³/mol. The van der Waals surface area contributed by atoms with Crippen molar-refractivity contribution >= 4 is 34.3 Å². The van der Waals surface area contributed by atoms with Crippen LogP contribution in [-0.2, 0) is 20.7 Å². The van der Waals surface area contributed by atoms with Crippen LogP contribution in [0.15, 0.2) is 49.0 Å². The number of carbonyl (C=O) groups is 3. The van der Waals surface area contributed by atoms with Crippen LogP contribution in [0.1, 0.15) is 45.8 Å². The molecule has 0 saturated carbocycles. The Balaban J connectivity index is 1.92. The minimum atomic E-state index is -0.559. The molecular formula is C26H27FN2O5. The van der Waals surface area contributed by atoms with Crippen LogP contribution in [0, 0.1) is 5.82 Å². The number of ether oxygens (including phenoxy) is 2. The largest absolute Gasteiger partial charge is 0.462 e. The van der Waals surface area contributed by atoms with Crippen molar-refractivity contribution < 1.29 is 28.2 Å². The van der Waals surface area contributed by atoms with Gasteiger partial charge in [0.2, 0.25) is 0 Å². The first-order chi connectivity index (χ1) is 16.3. The van der Waals surface area contributed by atoms with Crippen LogP contribution < -0.4 is 0 Å². The van der Waals surface area contributed by atoms with Crippen molar-refractivity contribution in [1.82, 2.24) is 9.88 Å². The highest BCUT2D eigenvalue weighted by Gasteiger charge is 2.21. The molecule has 0 atom stereocenters. The van der Waals surface area contributed by atoms with E-state index in [2.05, 4.69) is 11.6 Å². The molecule has 34 heavy (non-hydrogen) atoms. The van der Waals surface area contributed by atoms with Gasteiger partial charge in [-0.25, -0.2) is 14.0 Å². The highest BCUT2D eigenvalue weighted by Crippen LogP contribution is 2.29. The van der Waals surface area contributed by atoms with E-state index in [4.69, 9.17) is 9.47 Å². The normalized spacial score (nSPS) is 10.7. The first kappa shape index (κ1) is 24.7. The molecule has 2 aromatic carbocycles. The molecule has 0 radical (unpaired) electrons. The van der Waals surface area contributed by atoms with Gasteiger partial charge in [-0.2, -0.15) is 0 Å². The van der Waals surface area contributed by atoms with Gasteiger partial charge >= 0.3 is 11.9 Å². The number of nitrogens with zero attached hydrogens (tertiary/aromatic N) is 1. The fourth-order valence-corrected chi connectivity index (χ4v) is 3.63. The van der Waals surface area contributed by atoms with E-state index in [1.807, 2.05) is 0 Å². The van der Waals surface area contributed by atoms with E-state index >= 15 is 0 Å². The van der Waals surface area contributed by atoms with Crippen molar-refractivity contribution in [3.8, 4) is 0 Å². The van der Waals surface area contributed by atoms with Crippen molar-refractivity contribution in [3.63, 3.8) is 0 Å². The standard InChI is InChI=1S/C26H27FN2O5/c1-5-33-25(31)16(3)23-21(13-14-29(4)24(30)17-7-10-19(27)11-8-17)20-12-9-18(15-22(20)28-23)26(32)34-6-2/h7-12,15,28H,3,5-6,13-14H2,1-2,4H3. The molecule has 8 heteroatoms. The average molecular weight is 467 g/mol. The maximum Gasteiger partial charge on any atom is 0.339 e. The molecule has 3 rings (SSSR count). The van der Waals surface area contributed by atoms with Gasteiger partial charge in [0.25, 0.3) is 5.91 Å². The zero-order valence-corrected chi connectivity index (χ0v) is 19.4. The summed E-state index contributed by atoms with van der Waals surface area (Å²) in [4.78, 5) is 42.0. The van der Waals surface area contributed by atoms with Crippen LogP contribution in [-0.4, -0.2) is 54.5 Å². The van der Waals surface area contributed by atoms with Crippen LogP contribution >= 0.6 is 0 Å². The second kappa shape index (κ2) is 10.8. The third-order valence-electron chi connectivity index (χ3n) is 5.38. The Labute approximate surface area is 197 Å². The number of likely N-dealkylation sites (N-methyl/N-ethyl adjacent to an activating group) is 1. The minimum absolute atomic E-state index is 0.151. The molecule has 1 heterocycles. The number of hydrogen-bond acceptors (Lipinski definition) is 5. The van der Waals surface area contributed by atoms with E-state index in [1.54, 1.807) is 39.1 Å². The number of aromatic nitrogens is 1. The van der Waals surface area contributed by atoms with Crippen LogP contribution in [0.2, 0.25) is 0 Å². The van der Waals surface area contributed by atoms with Gasteiger partial charge < -0.3 is 19.4 Å². The quantitative estimate of drug-likeness (QED) is 0.374. The fraction of sp³-hybridized carbons (Fsp3) is 0.269. The smallest absolute Gasteiger partial charge is 0.339 e. The van der Waals surface area contributed by atoms with Gasteiger partial charge in [0.05, 0.1) is 30.0 Å². The van der Waals surface area contributed by atoms with E-state index < -0.39 is 17.8 Å². The highest BCUT2D eigenvalue weighted by atomic mass is 19.1. The van der Waals surface area contributed by atoms with Gasteiger partial charge in [0, 0.05) is 30.1 Å². The van der Waals surface area contributed by atoms with Crippen molar-refractivity contribution in [1.29, 1.82) is 0 Å². The van der Waals surface area contributed by atoms with Crippen LogP contribution in [0.4, 0.5) is 4.39 Å². The molecule has 1 amide bonds. The van der Waals surface area contributed by atoms with Crippen molar-refractivity contribution in [2.45, 2.75) is 20.3 Å². The van der Waals surface area contributed by atoms with Gasteiger partial charge in [-0.1, -0.05) is 12.6 Å². The lowest BCUT2D eigenvalue weighted by molar-refractivity contribution is -0.136. The second-order valence-electron chi connectivity index (χ2n) is 7.64. The van der Waals surface area contributed by atoms with Gasteiger partial charge in [-0.3, -0.25) is 4.79 Å². The number of halogens is 1. The molecule has 3 aromatic rings. The molecule has 7 nitrogen and oxygen atoms in total. The van der Waals surface area contributed by atoms with Crippen molar-refractivity contribution in [2.75, 3.05) is 26.8 Å². The van der Waals surface area contributed by atoms with Crippen molar-refractivity contribution in [2.24, 2.45) is 0 Å². The summed E-state index contributed by atoms with van der Waals surface area (Å²) in [5, 5.41) is 0.788. The van der Waals surface area contributed by atoms with Crippen LogP contribution in [0.25, 0.3) is 16.5 Å². The molecule has 1 N–H and O–H groups in total. The number of hydrogen-bond donors (Lipinski definition) is 1. The molecule has 0 aliphatic carbocycles. The molecule has 178 valence electrons. The maximum absolute atomic E-state index is 13.2. The van der Waals surface area contributed by atoms with E-state index in [9.17, 15) is 18.8 Å². The molecule has 0 aliphatic rings. The molecule has 0 fully saturated rings. The van der Waals surface area contributed by atoms with E-state index in [1.165, 1.54) is 29.2 Å². The van der Waals surface area contributed by atoms with Gasteiger partial charge in [0.1, 0.15) is 5.82 Å². The number of esters is 2. The van der Waals surface area contributed by atoms with E-state index in [0.717, 1.165) is 10.9 Å². The highest BCUT2D eigenvalue weighted by molar-refractivity contribution is 6.17. The third-order valence-corrected chi connectivity index (χ3v) is 5.38. The maximum atomic E-state index is 13.2. The summed E-state index contributed by atoms with van der Waals surface area (Å²) < 4.78 is 23.4. The summed E-state index contributed by atoms with van der Waals surface area (Å²) in [5.41, 5.74) is 2.78. The summed E-state index contributed by atoms with van der Waals surface area (Å²) in [7, 11) is 1.65. The summed E-state index contributed by atoms with van der Waals surface area (Å²) in [5.74, 6) is -1.68. The lowest BCUT2D eigenvalue weighted by Gasteiger charge is -2.18. The number of aromatic amines is 1. The number of benzene rings is 2. The number of fused-ring (bicyclic) bond motifs is 1. The average Bonchev–Trinajstić information content (AvgIpc) is 3.20. The topological polar surface area (TPSA) is 88.7 Å². The van der Waals surface area contributed by atoms with Gasteiger partial charge in [0.15, 0.2) is 0 Å². The van der Waals surface area contributed by atoms with Crippen LogP contribution in [0.3, 0.4) is 0 Å². The second-order valence-corrected chi connectivity index (χ2v) is 7.64. The van der Waals surface area contributed by atoms with Gasteiger partial charge in [-0.15, -0.1) is 0 Å². The Bertz CT molecular complexity index is 1230. The lowest BCUT2D eigenvalue weighted by Crippen LogP contribution is -2.29. The summed E-state index contributed by atoms with van der Waals surface area (Å²) >= 11 is 0. The Morgan fingerprint density at radius 1 is 1.00 bits per heavy atom. The molecule has 0 unspecified atom stereocenters. The number of rotatable bonds is 9. The summed E-state index contributed by atoms with van der Waals surface area (Å²) in [6, 6.07) is 10.4. The molecule has 1 aromatic heterocycles. The minimum Gasteiger partial charge on any atom is -0.462 e. The number of carbonyl (C=O) groups excluding carboxylic acids is 3. The Hall–Kier alpha value is -3.94.